The van der Waals surface area contributed by atoms with Gasteiger partial charge in [0.05, 0.1) is 13.4 Å². The average molecular weight is 306 g/mol. The van der Waals surface area contributed by atoms with Crippen LogP contribution in [-0.4, -0.2) is 25.0 Å². The summed E-state index contributed by atoms with van der Waals surface area (Å²) in [6.07, 6.45) is 4.66. The Morgan fingerprint density at radius 1 is 1.43 bits per heavy atom. The van der Waals surface area contributed by atoms with Gasteiger partial charge in [0.2, 0.25) is 5.91 Å². The molecule has 0 bridgehead atoms. The van der Waals surface area contributed by atoms with Crippen molar-refractivity contribution in [3.05, 3.63) is 59.0 Å². The third kappa shape index (κ3) is 4.13. The molecule has 0 radical (unpaired) electrons. The number of carbonyl (C=O) groups excluding carboxylic acids is 1. The molecule has 21 heavy (non-hydrogen) atoms. The maximum Gasteiger partial charge on any atom is 0.246 e. The number of ether oxygens (including phenoxy) is 1. The first-order valence-electron chi connectivity index (χ1n) is 6.39. The zero-order valence-electron chi connectivity index (χ0n) is 11.9. The summed E-state index contributed by atoms with van der Waals surface area (Å²) in [5.74, 6) is 1.21. The highest BCUT2D eigenvalue weighted by Gasteiger charge is 2.10. The lowest BCUT2D eigenvalue weighted by molar-refractivity contribution is -0.125. The summed E-state index contributed by atoms with van der Waals surface area (Å²) in [7, 11) is 3.31. The lowest BCUT2D eigenvalue weighted by Crippen LogP contribution is -2.24. The molecule has 1 heterocycles. The molecule has 0 spiro atoms. The van der Waals surface area contributed by atoms with Crippen molar-refractivity contribution in [3.63, 3.8) is 0 Å². The van der Waals surface area contributed by atoms with Crippen LogP contribution in [0.25, 0.3) is 6.08 Å². The summed E-state index contributed by atoms with van der Waals surface area (Å²) in [6.45, 7) is 0.408. The molecule has 0 unspecified atom stereocenters. The molecular formula is C16H16ClNO3. The second kappa shape index (κ2) is 6.99. The summed E-state index contributed by atoms with van der Waals surface area (Å²) in [4.78, 5) is 13.6. The third-order valence-electron chi connectivity index (χ3n) is 2.96. The van der Waals surface area contributed by atoms with Crippen LogP contribution in [-0.2, 0) is 11.3 Å². The van der Waals surface area contributed by atoms with Crippen LogP contribution in [0.1, 0.15) is 11.3 Å². The summed E-state index contributed by atoms with van der Waals surface area (Å²) in [5.41, 5.74) is 0.854. The summed E-state index contributed by atoms with van der Waals surface area (Å²) >= 11 is 5.98. The van der Waals surface area contributed by atoms with Gasteiger partial charge in [-0.1, -0.05) is 11.6 Å². The molecule has 1 amide bonds. The summed E-state index contributed by atoms with van der Waals surface area (Å²) in [6, 6.07) is 8.88. The van der Waals surface area contributed by atoms with Crippen LogP contribution in [0.4, 0.5) is 0 Å². The number of halogens is 1. The zero-order chi connectivity index (χ0) is 15.2. The Labute approximate surface area is 128 Å². The molecule has 2 aromatic rings. The van der Waals surface area contributed by atoms with Crippen molar-refractivity contribution in [1.82, 2.24) is 4.90 Å². The highest BCUT2D eigenvalue weighted by molar-refractivity contribution is 6.30. The van der Waals surface area contributed by atoms with Gasteiger partial charge in [0.15, 0.2) is 0 Å². The molecule has 110 valence electrons. The smallest absolute Gasteiger partial charge is 0.246 e. The van der Waals surface area contributed by atoms with Crippen LogP contribution >= 0.6 is 11.6 Å². The number of furan rings is 1. The quantitative estimate of drug-likeness (QED) is 0.792. The monoisotopic (exact) mass is 305 g/mol. The standard InChI is InChI=1S/C16H16ClNO3/c1-18(16(19)8-6-14-4-3-9-21-14)11-12-10-13(17)5-7-15(12)20-2/h3-10H,11H2,1-2H3/b8-6+. The van der Waals surface area contributed by atoms with Crippen LogP contribution in [0, 0.1) is 0 Å². The molecule has 4 nitrogen and oxygen atoms in total. The number of amides is 1. The Kier molecular flexibility index (Phi) is 5.06. The maximum absolute atomic E-state index is 12.1. The van der Waals surface area contributed by atoms with E-state index in [1.807, 2.05) is 0 Å². The summed E-state index contributed by atoms with van der Waals surface area (Å²) in [5, 5.41) is 0.609. The van der Waals surface area contributed by atoms with Crippen LogP contribution in [0.2, 0.25) is 5.02 Å². The molecule has 0 aliphatic carbocycles. The van der Waals surface area contributed by atoms with E-state index in [0.717, 1.165) is 5.56 Å². The molecule has 0 aliphatic heterocycles. The Hall–Kier alpha value is -2.20. The second-order valence-corrected chi connectivity index (χ2v) is 4.94. The zero-order valence-corrected chi connectivity index (χ0v) is 12.6. The van der Waals surface area contributed by atoms with Crippen LogP contribution in [0.5, 0.6) is 5.75 Å². The van der Waals surface area contributed by atoms with E-state index in [9.17, 15) is 4.79 Å². The van der Waals surface area contributed by atoms with E-state index in [2.05, 4.69) is 0 Å². The number of hydrogen-bond acceptors (Lipinski definition) is 3. The Balaban J connectivity index is 2.05. The van der Waals surface area contributed by atoms with Gasteiger partial charge in [-0.05, 0) is 36.4 Å². The number of carbonyl (C=O) groups is 1. The lowest BCUT2D eigenvalue weighted by Gasteiger charge is -2.17. The van der Waals surface area contributed by atoms with Crippen molar-refractivity contribution in [2.75, 3.05) is 14.2 Å². The van der Waals surface area contributed by atoms with E-state index in [0.29, 0.717) is 23.1 Å². The van der Waals surface area contributed by atoms with Gasteiger partial charge in [0, 0.05) is 30.3 Å². The van der Waals surface area contributed by atoms with Gasteiger partial charge in [-0.2, -0.15) is 0 Å². The Morgan fingerprint density at radius 2 is 2.24 bits per heavy atom. The van der Waals surface area contributed by atoms with Crippen LogP contribution in [0.15, 0.2) is 47.1 Å². The number of rotatable bonds is 5. The van der Waals surface area contributed by atoms with E-state index in [-0.39, 0.29) is 5.91 Å². The predicted octanol–water partition coefficient (Wildman–Crippen LogP) is 3.61. The highest BCUT2D eigenvalue weighted by Crippen LogP contribution is 2.23. The number of nitrogens with zero attached hydrogens (tertiary/aromatic N) is 1. The van der Waals surface area contributed by atoms with Gasteiger partial charge in [0.1, 0.15) is 11.5 Å². The molecule has 1 aromatic heterocycles. The van der Waals surface area contributed by atoms with Crippen LogP contribution < -0.4 is 4.74 Å². The molecule has 0 aliphatic rings. The van der Waals surface area contributed by atoms with Gasteiger partial charge < -0.3 is 14.1 Å². The first-order chi connectivity index (χ1) is 10.1. The molecule has 1 aromatic carbocycles. The first-order valence-corrected chi connectivity index (χ1v) is 6.77. The fourth-order valence-electron chi connectivity index (χ4n) is 1.87. The van der Waals surface area contributed by atoms with Gasteiger partial charge >= 0.3 is 0 Å². The van der Waals surface area contributed by atoms with Gasteiger partial charge in [-0.15, -0.1) is 0 Å². The fraction of sp³-hybridized carbons (Fsp3) is 0.188. The number of hydrogen-bond donors (Lipinski definition) is 0. The van der Waals surface area contributed by atoms with Crippen molar-refractivity contribution < 1.29 is 13.9 Å². The molecule has 0 atom stereocenters. The minimum atomic E-state index is -0.131. The van der Waals surface area contributed by atoms with Crippen molar-refractivity contribution in [1.29, 1.82) is 0 Å². The van der Waals surface area contributed by atoms with Gasteiger partial charge in [-0.25, -0.2) is 0 Å². The van der Waals surface area contributed by atoms with E-state index >= 15 is 0 Å². The molecule has 2 rings (SSSR count). The molecule has 0 fully saturated rings. The number of likely N-dealkylation sites (N-methyl/N-ethyl adjacent to an activating group) is 1. The predicted molar refractivity (Wildman–Crippen MR) is 82.2 cm³/mol. The van der Waals surface area contributed by atoms with E-state index in [1.54, 1.807) is 61.7 Å². The van der Waals surface area contributed by atoms with E-state index in [1.165, 1.54) is 6.08 Å². The highest BCUT2D eigenvalue weighted by atomic mass is 35.5. The van der Waals surface area contributed by atoms with Crippen molar-refractivity contribution in [3.8, 4) is 5.75 Å². The Bertz CT molecular complexity index is 635. The van der Waals surface area contributed by atoms with E-state index < -0.39 is 0 Å². The largest absolute Gasteiger partial charge is 0.496 e. The van der Waals surface area contributed by atoms with Gasteiger partial charge in [-0.3, -0.25) is 4.79 Å². The lowest BCUT2D eigenvalue weighted by atomic mass is 10.2. The van der Waals surface area contributed by atoms with Crippen molar-refractivity contribution in [2.45, 2.75) is 6.54 Å². The maximum atomic E-state index is 12.1. The second-order valence-electron chi connectivity index (χ2n) is 4.50. The molecule has 5 heteroatoms. The third-order valence-corrected chi connectivity index (χ3v) is 3.19. The number of benzene rings is 1. The topological polar surface area (TPSA) is 42.7 Å². The average Bonchev–Trinajstić information content (AvgIpc) is 2.98. The van der Waals surface area contributed by atoms with Crippen molar-refractivity contribution in [2.24, 2.45) is 0 Å². The SMILES string of the molecule is COc1ccc(Cl)cc1CN(C)C(=O)/C=C/c1ccco1. The molecule has 0 saturated heterocycles. The normalized spacial score (nSPS) is 10.8. The minimum absolute atomic E-state index is 0.131. The first kappa shape index (κ1) is 15.2. The van der Waals surface area contributed by atoms with Crippen LogP contribution in [0.3, 0.4) is 0 Å². The van der Waals surface area contributed by atoms with Gasteiger partial charge in [0.25, 0.3) is 0 Å². The number of methoxy groups -OCH3 is 1. The molecular weight excluding hydrogens is 290 g/mol. The minimum Gasteiger partial charge on any atom is -0.496 e. The summed E-state index contributed by atoms with van der Waals surface area (Å²) < 4.78 is 10.4. The van der Waals surface area contributed by atoms with E-state index in [4.69, 9.17) is 20.8 Å². The molecule has 0 N–H and O–H groups in total. The Morgan fingerprint density at radius 3 is 2.90 bits per heavy atom. The fourth-order valence-corrected chi connectivity index (χ4v) is 2.07. The van der Waals surface area contributed by atoms with Crippen molar-refractivity contribution >= 4 is 23.6 Å². The molecule has 0 saturated carbocycles.